The number of rotatable bonds is 6. The van der Waals surface area contributed by atoms with Crippen LogP contribution in [0.15, 0.2) is 30.6 Å². The van der Waals surface area contributed by atoms with Gasteiger partial charge in [-0.2, -0.15) is 0 Å². The predicted octanol–water partition coefficient (Wildman–Crippen LogP) is 3.61. The van der Waals surface area contributed by atoms with Gasteiger partial charge in [0.05, 0.1) is 5.41 Å². The van der Waals surface area contributed by atoms with Crippen LogP contribution in [0.5, 0.6) is 5.75 Å². The highest BCUT2D eigenvalue weighted by Gasteiger charge is 2.31. The van der Waals surface area contributed by atoms with Gasteiger partial charge in [-0.25, -0.2) is 4.57 Å². The lowest BCUT2D eigenvalue weighted by molar-refractivity contribution is -0.698. The molecule has 0 unspecified atom stereocenters. The summed E-state index contributed by atoms with van der Waals surface area (Å²) in [4.78, 5) is 16.8. The predicted molar refractivity (Wildman–Crippen MR) is 138 cm³/mol. The largest absolute Gasteiger partial charge is 1.00 e. The summed E-state index contributed by atoms with van der Waals surface area (Å²) >= 11 is 6.82. The fraction of sp³-hybridized carbons (Fsp3) is 0.607. The number of carbonyl (C=O) groups is 1. The lowest BCUT2D eigenvalue weighted by Crippen LogP contribution is -3.00. The first kappa shape index (κ1) is 29.6. The SMILES string of the molecule is CCc1c(Cl)c(NC2CCC(C(C)(C)C)CC2)nc[n+]1Cc1ccc(OC(=O)C(C)(C)C)cc1.[Br-]. The molecule has 1 saturated carbocycles. The molecule has 0 aliphatic heterocycles. The summed E-state index contributed by atoms with van der Waals surface area (Å²) in [6.07, 6.45) is 7.49. The number of halogens is 2. The number of ether oxygens (including phenoxy) is 1. The normalized spacial score (nSPS) is 18.5. The van der Waals surface area contributed by atoms with Gasteiger partial charge in [0.25, 0.3) is 12.1 Å². The zero-order valence-electron chi connectivity index (χ0n) is 22.3. The molecule has 0 spiro atoms. The van der Waals surface area contributed by atoms with Crippen molar-refractivity contribution in [1.82, 2.24) is 4.98 Å². The van der Waals surface area contributed by atoms with Crippen molar-refractivity contribution in [3.8, 4) is 5.75 Å². The highest BCUT2D eigenvalue weighted by atomic mass is 79.9. The summed E-state index contributed by atoms with van der Waals surface area (Å²) in [7, 11) is 0. The van der Waals surface area contributed by atoms with Crippen LogP contribution in [-0.4, -0.2) is 17.0 Å². The van der Waals surface area contributed by atoms with Crippen LogP contribution < -0.4 is 31.6 Å². The van der Waals surface area contributed by atoms with Gasteiger partial charge in [-0.1, -0.05) is 51.4 Å². The second-order valence-corrected chi connectivity index (χ2v) is 12.1. The van der Waals surface area contributed by atoms with Crippen LogP contribution in [0.25, 0.3) is 0 Å². The first-order valence-electron chi connectivity index (χ1n) is 12.5. The van der Waals surface area contributed by atoms with Crippen molar-refractivity contribution in [3.63, 3.8) is 0 Å². The van der Waals surface area contributed by atoms with E-state index < -0.39 is 5.41 Å². The third kappa shape index (κ3) is 7.91. The molecule has 0 radical (unpaired) electrons. The topological polar surface area (TPSA) is 55.1 Å². The number of aromatic nitrogens is 2. The van der Waals surface area contributed by atoms with E-state index in [1.54, 1.807) is 0 Å². The molecule has 0 saturated heterocycles. The van der Waals surface area contributed by atoms with Gasteiger partial charge in [0.15, 0.2) is 5.02 Å². The molecule has 5 nitrogen and oxygen atoms in total. The highest BCUT2D eigenvalue weighted by molar-refractivity contribution is 6.33. The van der Waals surface area contributed by atoms with Crippen molar-refractivity contribution in [2.75, 3.05) is 5.32 Å². The Balaban J connectivity index is 0.00000432. The Morgan fingerprint density at radius 2 is 1.69 bits per heavy atom. The summed E-state index contributed by atoms with van der Waals surface area (Å²) in [6, 6.07) is 8.05. The van der Waals surface area contributed by atoms with Crippen LogP contribution in [0.1, 0.15) is 85.4 Å². The number of esters is 1. The number of carbonyl (C=O) groups excluding carboxylic acids is 1. The number of nitrogens with one attached hydrogen (secondary N) is 1. The minimum Gasteiger partial charge on any atom is -1.00 e. The van der Waals surface area contributed by atoms with Crippen molar-refractivity contribution in [3.05, 3.63) is 46.9 Å². The van der Waals surface area contributed by atoms with Crippen LogP contribution >= 0.6 is 11.6 Å². The number of anilines is 1. The van der Waals surface area contributed by atoms with E-state index in [1.165, 1.54) is 12.8 Å². The standard InChI is InChI=1S/C28H40ClN3O2.BrH/c1-8-23-24(29)25(31-21-13-11-20(12-14-21)27(2,3)4)30-18-32(23)17-19-9-15-22(16-10-19)34-26(33)28(5,6)7;/h9-10,15-16,18,20-21H,8,11-14,17H2,1-7H3;1H. The molecule has 1 heterocycles. The molecule has 35 heavy (non-hydrogen) atoms. The molecule has 3 rings (SSSR count). The molecule has 1 aliphatic carbocycles. The Labute approximate surface area is 226 Å². The molecule has 1 aromatic heterocycles. The van der Waals surface area contributed by atoms with Crippen molar-refractivity contribution < 1.29 is 31.1 Å². The van der Waals surface area contributed by atoms with Crippen molar-refractivity contribution >= 4 is 23.4 Å². The minimum atomic E-state index is -0.533. The van der Waals surface area contributed by atoms with E-state index in [0.717, 1.165) is 42.3 Å². The second kappa shape index (κ2) is 12.1. The highest BCUT2D eigenvalue weighted by Crippen LogP contribution is 2.38. The Bertz CT molecular complexity index is 989. The van der Waals surface area contributed by atoms with Gasteiger partial charge in [-0.05, 0) is 80.5 Å². The summed E-state index contributed by atoms with van der Waals surface area (Å²) in [5.41, 5.74) is 2.00. The van der Waals surface area contributed by atoms with Crippen LogP contribution in [-0.2, 0) is 17.8 Å². The zero-order chi connectivity index (χ0) is 25.1. The van der Waals surface area contributed by atoms with E-state index in [0.29, 0.717) is 28.8 Å². The van der Waals surface area contributed by atoms with Crippen LogP contribution in [0.4, 0.5) is 5.82 Å². The lowest BCUT2D eigenvalue weighted by Gasteiger charge is -2.37. The maximum atomic E-state index is 12.1. The van der Waals surface area contributed by atoms with Gasteiger partial charge in [-0.3, -0.25) is 4.79 Å². The first-order valence-corrected chi connectivity index (χ1v) is 12.9. The van der Waals surface area contributed by atoms with Gasteiger partial charge >= 0.3 is 5.97 Å². The van der Waals surface area contributed by atoms with Gasteiger partial charge < -0.3 is 27.0 Å². The van der Waals surface area contributed by atoms with E-state index in [4.69, 9.17) is 16.3 Å². The molecular formula is C28H41BrClN3O2. The molecule has 1 N–H and O–H groups in total. The van der Waals surface area contributed by atoms with Crippen LogP contribution in [0, 0.1) is 16.7 Å². The molecule has 0 amide bonds. The monoisotopic (exact) mass is 565 g/mol. The Morgan fingerprint density at radius 3 is 2.20 bits per heavy atom. The second-order valence-electron chi connectivity index (χ2n) is 11.7. The van der Waals surface area contributed by atoms with E-state index in [2.05, 4.69) is 42.6 Å². The van der Waals surface area contributed by atoms with E-state index in [1.807, 2.05) is 51.4 Å². The summed E-state index contributed by atoms with van der Waals surface area (Å²) < 4.78 is 7.57. The quantitative estimate of drug-likeness (QED) is 0.330. The van der Waals surface area contributed by atoms with E-state index >= 15 is 0 Å². The molecule has 194 valence electrons. The maximum absolute atomic E-state index is 12.1. The molecule has 1 aliphatic rings. The molecule has 7 heteroatoms. The van der Waals surface area contributed by atoms with E-state index in [-0.39, 0.29) is 23.0 Å². The maximum Gasteiger partial charge on any atom is 0.316 e. The van der Waals surface area contributed by atoms with Gasteiger partial charge in [0.1, 0.15) is 18.0 Å². The van der Waals surface area contributed by atoms with Crippen LogP contribution in [0.3, 0.4) is 0 Å². The summed E-state index contributed by atoms with van der Waals surface area (Å²) in [5, 5.41) is 4.33. The molecule has 1 aromatic carbocycles. The fourth-order valence-corrected chi connectivity index (χ4v) is 4.87. The summed E-state index contributed by atoms with van der Waals surface area (Å²) in [6.45, 7) is 15.3. The van der Waals surface area contributed by atoms with Crippen LogP contribution in [0.2, 0.25) is 5.02 Å². The van der Waals surface area contributed by atoms with Crippen molar-refractivity contribution in [2.24, 2.45) is 16.7 Å². The average Bonchev–Trinajstić information content (AvgIpc) is 2.76. The van der Waals surface area contributed by atoms with E-state index in [9.17, 15) is 4.79 Å². The molecular weight excluding hydrogens is 526 g/mol. The van der Waals surface area contributed by atoms with Gasteiger partial charge in [0.2, 0.25) is 0 Å². The molecule has 1 fully saturated rings. The van der Waals surface area contributed by atoms with Gasteiger partial charge in [0, 0.05) is 12.5 Å². The number of benzene rings is 1. The smallest absolute Gasteiger partial charge is 0.316 e. The molecule has 0 atom stereocenters. The fourth-order valence-electron chi connectivity index (χ4n) is 4.53. The zero-order valence-corrected chi connectivity index (χ0v) is 24.6. The Morgan fingerprint density at radius 1 is 1.09 bits per heavy atom. The first-order chi connectivity index (χ1) is 15.9. The molecule has 0 bridgehead atoms. The third-order valence-electron chi connectivity index (χ3n) is 6.86. The molecule has 2 aromatic rings. The average molecular weight is 567 g/mol. The van der Waals surface area contributed by atoms with Crippen molar-refractivity contribution in [2.45, 2.75) is 93.2 Å². The lowest BCUT2D eigenvalue weighted by atomic mass is 9.71. The number of hydrogen-bond acceptors (Lipinski definition) is 4. The Kier molecular flexibility index (Phi) is 10.2. The third-order valence-corrected chi connectivity index (χ3v) is 7.26. The van der Waals surface area contributed by atoms with Crippen molar-refractivity contribution in [1.29, 1.82) is 0 Å². The van der Waals surface area contributed by atoms with Gasteiger partial charge in [-0.15, -0.1) is 0 Å². The Hall–Kier alpha value is -1.66. The number of nitrogens with zero attached hydrogens (tertiary/aromatic N) is 2. The number of hydrogen-bond donors (Lipinski definition) is 1. The summed E-state index contributed by atoms with van der Waals surface area (Å²) in [5.74, 6) is 1.88. The minimum absolute atomic E-state index is 0.